The molecule has 0 saturated carbocycles. The number of halogens is 2. The number of alkyl halides is 1. The van der Waals surface area contributed by atoms with E-state index in [-0.39, 0.29) is 0 Å². The predicted octanol–water partition coefficient (Wildman–Crippen LogP) is 2.39. The van der Waals surface area contributed by atoms with Crippen LogP contribution in [0.4, 0.5) is 4.39 Å². The molecule has 0 radical (unpaired) electrons. The molecule has 1 aliphatic heterocycles. The fourth-order valence-electron chi connectivity index (χ4n) is 1.69. The summed E-state index contributed by atoms with van der Waals surface area (Å²) >= 11 is 3.28. The summed E-state index contributed by atoms with van der Waals surface area (Å²) in [5, 5.41) is 0. The zero-order valence-electron chi connectivity index (χ0n) is 7.79. The van der Waals surface area contributed by atoms with Gasteiger partial charge in [0.25, 0.3) is 0 Å². The molecule has 1 atom stereocenters. The van der Waals surface area contributed by atoms with E-state index in [0.29, 0.717) is 13.0 Å². The molecule has 0 N–H and O–H groups in total. The van der Waals surface area contributed by atoms with E-state index in [0.717, 1.165) is 23.3 Å². The Bertz CT molecular complexity index is 301. The summed E-state index contributed by atoms with van der Waals surface area (Å²) in [6, 6.07) is 3.93. The van der Waals surface area contributed by atoms with E-state index in [1.54, 1.807) is 0 Å². The number of pyridine rings is 1. The highest BCUT2D eigenvalue weighted by Crippen LogP contribution is 2.15. The van der Waals surface area contributed by atoms with Crippen molar-refractivity contribution in [3.05, 3.63) is 28.5 Å². The van der Waals surface area contributed by atoms with Crippen LogP contribution in [0.2, 0.25) is 0 Å². The van der Waals surface area contributed by atoms with Gasteiger partial charge in [0.05, 0.1) is 0 Å². The quantitative estimate of drug-likeness (QED) is 0.758. The number of nitrogens with zero attached hydrogens (tertiary/aromatic N) is 2. The maximum atomic E-state index is 12.9. The normalized spacial score (nSPS) is 22.9. The van der Waals surface area contributed by atoms with Crippen LogP contribution in [0, 0.1) is 0 Å². The number of hydrogen-bond donors (Lipinski definition) is 0. The minimum absolute atomic E-state index is 0.566. The molecular formula is C10H12BrFN2. The molecule has 2 heterocycles. The SMILES string of the molecule is F[C@@H]1CCN(Cc2ccc(Br)nc2)C1. The lowest BCUT2D eigenvalue weighted by molar-refractivity contribution is 0.282. The van der Waals surface area contributed by atoms with Crippen molar-refractivity contribution in [1.29, 1.82) is 0 Å². The van der Waals surface area contributed by atoms with Gasteiger partial charge in [-0.15, -0.1) is 0 Å². The topological polar surface area (TPSA) is 16.1 Å². The van der Waals surface area contributed by atoms with E-state index in [4.69, 9.17) is 0 Å². The Hall–Kier alpha value is -0.480. The standard InChI is InChI=1S/C10H12BrFN2/c11-10-2-1-8(5-13-10)6-14-4-3-9(12)7-14/h1-2,5,9H,3-4,6-7H2/t9-/m1/s1. The maximum Gasteiger partial charge on any atom is 0.114 e. The molecule has 0 bridgehead atoms. The van der Waals surface area contributed by atoms with Crippen LogP contribution in [0.5, 0.6) is 0 Å². The van der Waals surface area contributed by atoms with Gasteiger partial charge in [-0.3, -0.25) is 4.90 Å². The highest BCUT2D eigenvalue weighted by atomic mass is 79.9. The van der Waals surface area contributed by atoms with Crippen molar-refractivity contribution in [2.75, 3.05) is 13.1 Å². The summed E-state index contributed by atoms with van der Waals surface area (Å²) < 4.78 is 13.7. The Kier molecular flexibility index (Phi) is 3.13. The molecule has 0 unspecified atom stereocenters. The first-order valence-corrected chi connectivity index (χ1v) is 5.50. The Morgan fingerprint density at radius 3 is 3.00 bits per heavy atom. The van der Waals surface area contributed by atoms with E-state index < -0.39 is 6.17 Å². The molecule has 0 spiro atoms. The van der Waals surface area contributed by atoms with Crippen LogP contribution < -0.4 is 0 Å². The summed E-state index contributed by atoms with van der Waals surface area (Å²) in [7, 11) is 0. The average Bonchev–Trinajstić information content (AvgIpc) is 2.56. The van der Waals surface area contributed by atoms with Gasteiger partial charge in [-0.25, -0.2) is 9.37 Å². The van der Waals surface area contributed by atoms with Crippen molar-refractivity contribution in [3.8, 4) is 0 Å². The van der Waals surface area contributed by atoms with Crippen LogP contribution >= 0.6 is 15.9 Å². The molecule has 0 amide bonds. The van der Waals surface area contributed by atoms with Crippen LogP contribution in [0.15, 0.2) is 22.9 Å². The molecule has 76 valence electrons. The van der Waals surface area contributed by atoms with Crippen molar-refractivity contribution < 1.29 is 4.39 Å². The monoisotopic (exact) mass is 258 g/mol. The Labute approximate surface area is 91.3 Å². The van der Waals surface area contributed by atoms with Crippen LogP contribution in [0.1, 0.15) is 12.0 Å². The zero-order chi connectivity index (χ0) is 9.97. The first-order valence-electron chi connectivity index (χ1n) is 4.71. The number of aromatic nitrogens is 1. The second-order valence-electron chi connectivity index (χ2n) is 3.61. The molecule has 14 heavy (non-hydrogen) atoms. The third-order valence-electron chi connectivity index (χ3n) is 2.41. The van der Waals surface area contributed by atoms with Crippen LogP contribution in [-0.4, -0.2) is 29.1 Å². The van der Waals surface area contributed by atoms with Crippen molar-refractivity contribution in [3.63, 3.8) is 0 Å². The van der Waals surface area contributed by atoms with Crippen molar-refractivity contribution in [2.24, 2.45) is 0 Å². The Morgan fingerprint density at radius 1 is 1.57 bits per heavy atom. The number of likely N-dealkylation sites (tertiary alicyclic amines) is 1. The molecule has 2 rings (SSSR count). The first-order chi connectivity index (χ1) is 6.74. The maximum absolute atomic E-state index is 12.9. The highest BCUT2D eigenvalue weighted by molar-refractivity contribution is 9.10. The summed E-state index contributed by atoms with van der Waals surface area (Å²) in [5.41, 5.74) is 1.14. The van der Waals surface area contributed by atoms with Gasteiger partial charge in [0.15, 0.2) is 0 Å². The second-order valence-corrected chi connectivity index (χ2v) is 4.42. The van der Waals surface area contributed by atoms with Gasteiger partial charge in [-0.1, -0.05) is 6.07 Å². The minimum atomic E-state index is -0.640. The molecule has 1 saturated heterocycles. The molecule has 1 aromatic rings. The molecule has 2 nitrogen and oxygen atoms in total. The molecule has 1 aromatic heterocycles. The van der Waals surface area contributed by atoms with Gasteiger partial charge in [0.1, 0.15) is 10.8 Å². The molecule has 4 heteroatoms. The van der Waals surface area contributed by atoms with Gasteiger partial charge >= 0.3 is 0 Å². The molecule has 1 fully saturated rings. The van der Waals surface area contributed by atoms with Crippen LogP contribution in [0.25, 0.3) is 0 Å². The van der Waals surface area contributed by atoms with Gasteiger partial charge in [-0.05, 0) is 34.0 Å². The lowest BCUT2D eigenvalue weighted by Gasteiger charge is -2.13. The van der Waals surface area contributed by atoms with E-state index in [1.807, 2.05) is 18.3 Å². The Balaban J connectivity index is 1.94. The predicted molar refractivity (Wildman–Crippen MR) is 56.7 cm³/mol. The fraction of sp³-hybridized carbons (Fsp3) is 0.500. The molecular weight excluding hydrogens is 247 g/mol. The number of rotatable bonds is 2. The van der Waals surface area contributed by atoms with E-state index in [1.165, 1.54) is 0 Å². The smallest absolute Gasteiger partial charge is 0.114 e. The van der Waals surface area contributed by atoms with Crippen molar-refractivity contribution >= 4 is 15.9 Å². The van der Waals surface area contributed by atoms with Gasteiger partial charge in [-0.2, -0.15) is 0 Å². The van der Waals surface area contributed by atoms with Gasteiger partial charge < -0.3 is 0 Å². The largest absolute Gasteiger partial charge is 0.296 e. The molecule has 0 aliphatic carbocycles. The highest BCUT2D eigenvalue weighted by Gasteiger charge is 2.21. The lowest BCUT2D eigenvalue weighted by atomic mass is 10.3. The van der Waals surface area contributed by atoms with Crippen LogP contribution in [-0.2, 0) is 6.54 Å². The lowest BCUT2D eigenvalue weighted by Crippen LogP contribution is -2.20. The van der Waals surface area contributed by atoms with Gasteiger partial charge in [0, 0.05) is 25.8 Å². The minimum Gasteiger partial charge on any atom is -0.296 e. The average molecular weight is 259 g/mol. The van der Waals surface area contributed by atoms with E-state index in [2.05, 4.69) is 25.8 Å². The molecule has 0 aromatic carbocycles. The van der Waals surface area contributed by atoms with Crippen molar-refractivity contribution in [2.45, 2.75) is 19.1 Å². The first kappa shape index (κ1) is 10.1. The third-order valence-corrected chi connectivity index (χ3v) is 2.88. The van der Waals surface area contributed by atoms with Crippen LogP contribution in [0.3, 0.4) is 0 Å². The third kappa shape index (κ3) is 2.51. The van der Waals surface area contributed by atoms with Gasteiger partial charge in [0.2, 0.25) is 0 Å². The van der Waals surface area contributed by atoms with E-state index in [9.17, 15) is 4.39 Å². The van der Waals surface area contributed by atoms with Crippen molar-refractivity contribution in [1.82, 2.24) is 9.88 Å². The summed E-state index contributed by atoms with van der Waals surface area (Å²) in [4.78, 5) is 6.26. The zero-order valence-corrected chi connectivity index (χ0v) is 9.37. The summed E-state index contributed by atoms with van der Waals surface area (Å²) in [5.74, 6) is 0. The molecule has 1 aliphatic rings. The fourth-order valence-corrected chi connectivity index (χ4v) is 1.92. The summed E-state index contributed by atoms with van der Waals surface area (Å²) in [6.07, 6.45) is 1.86. The second kappa shape index (κ2) is 4.36. The number of hydrogen-bond acceptors (Lipinski definition) is 2. The summed E-state index contributed by atoms with van der Waals surface area (Å²) in [6.45, 7) is 2.23. The van der Waals surface area contributed by atoms with E-state index >= 15 is 0 Å². The Morgan fingerprint density at radius 2 is 2.43 bits per heavy atom.